The molecule has 3 aliphatic carbocycles. The number of hydrogen-bond donors (Lipinski definition) is 0. The van der Waals surface area contributed by atoms with Crippen LogP contribution in [0.3, 0.4) is 0 Å². The Hall–Kier alpha value is -0.747. The van der Waals surface area contributed by atoms with Gasteiger partial charge in [-0.15, -0.1) is 59.7 Å². The van der Waals surface area contributed by atoms with E-state index in [9.17, 15) is 0 Å². The van der Waals surface area contributed by atoms with E-state index in [-0.39, 0.29) is 24.8 Å². The SMILES string of the molecule is CCC1=CCC(c2[c-]c3c(cc2)-c2ccccc2C3)=C1CC.Cl.Cl.[Zr]=[C]1CCCCC1. The number of rotatable bonds is 3. The van der Waals surface area contributed by atoms with Gasteiger partial charge in [-0.1, -0.05) is 66.5 Å². The van der Waals surface area contributed by atoms with E-state index in [4.69, 9.17) is 0 Å². The van der Waals surface area contributed by atoms with Gasteiger partial charge in [0.2, 0.25) is 0 Å². The monoisotopic (exact) mass is 529 g/mol. The van der Waals surface area contributed by atoms with Crippen molar-refractivity contribution in [3.05, 3.63) is 76.4 Å². The third-order valence-electron chi connectivity index (χ3n) is 6.52. The van der Waals surface area contributed by atoms with Gasteiger partial charge in [0, 0.05) is 0 Å². The summed E-state index contributed by atoms with van der Waals surface area (Å²) in [5.74, 6) is 0. The van der Waals surface area contributed by atoms with Gasteiger partial charge in [-0.25, -0.2) is 0 Å². The topological polar surface area (TPSA) is 0 Å². The summed E-state index contributed by atoms with van der Waals surface area (Å²) in [5.41, 5.74) is 11.5. The zero-order chi connectivity index (χ0) is 20.2. The van der Waals surface area contributed by atoms with Crippen molar-refractivity contribution in [1.82, 2.24) is 0 Å². The Balaban J connectivity index is 0.000000327. The van der Waals surface area contributed by atoms with Crippen LogP contribution in [0, 0.1) is 6.07 Å². The van der Waals surface area contributed by atoms with Crippen LogP contribution in [-0.2, 0) is 30.7 Å². The fourth-order valence-electron chi connectivity index (χ4n) is 4.95. The Morgan fingerprint density at radius 2 is 1.61 bits per heavy atom. The van der Waals surface area contributed by atoms with E-state index in [1.807, 2.05) is 0 Å². The molecule has 1 saturated carbocycles. The average molecular weight is 532 g/mol. The quantitative estimate of drug-likeness (QED) is 0.297. The van der Waals surface area contributed by atoms with Crippen molar-refractivity contribution in [2.24, 2.45) is 0 Å². The van der Waals surface area contributed by atoms with E-state index in [1.54, 1.807) is 33.0 Å². The molecule has 0 atom stereocenters. The van der Waals surface area contributed by atoms with Crippen molar-refractivity contribution in [1.29, 1.82) is 0 Å². The molecule has 0 radical (unpaired) electrons. The van der Waals surface area contributed by atoms with Gasteiger partial charge in [-0.3, -0.25) is 0 Å². The third-order valence-corrected chi connectivity index (χ3v) is 7.75. The molecule has 0 nitrogen and oxygen atoms in total. The maximum atomic E-state index is 3.73. The van der Waals surface area contributed by atoms with Crippen molar-refractivity contribution >= 4 is 33.6 Å². The molecule has 0 saturated heterocycles. The van der Waals surface area contributed by atoms with Crippen molar-refractivity contribution in [2.45, 2.75) is 71.6 Å². The molecule has 1 fully saturated rings. The molecule has 3 heteroatoms. The molecule has 5 rings (SSSR count). The molecule has 2 aromatic rings. The van der Waals surface area contributed by atoms with Gasteiger partial charge < -0.3 is 0 Å². The first kappa shape index (κ1) is 26.5. The average Bonchev–Trinajstić information content (AvgIpc) is 3.35. The summed E-state index contributed by atoms with van der Waals surface area (Å²) in [6, 6.07) is 17.1. The third kappa shape index (κ3) is 5.98. The van der Waals surface area contributed by atoms with Crippen LogP contribution in [0.5, 0.6) is 0 Å². The minimum atomic E-state index is 0. The second kappa shape index (κ2) is 12.5. The van der Waals surface area contributed by atoms with Crippen LogP contribution in [0.1, 0.15) is 81.9 Å². The van der Waals surface area contributed by atoms with Gasteiger partial charge in [-0.2, -0.15) is 0 Å². The van der Waals surface area contributed by atoms with Crippen LogP contribution in [0.2, 0.25) is 0 Å². The van der Waals surface area contributed by atoms with E-state index < -0.39 is 0 Å². The van der Waals surface area contributed by atoms with Gasteiger partial charge in [0.05, 0.1) is 0 Å². The molecule has 0 aliphatic heterocycles. The first-order chi connectivity index (χ1) is 14.2. The van der Waals surface area contributed by atoms with Crippen LogP contribution in [0.15, 0.2) is 53.6 Å². The molecule has 2 aromatic carbocycles. The number of halogens is 2. The van der Waals surface area contributed by atoms with Crippen molar-refractivity contribution in [2.75, 3.05) is 0 Å². The summed E-state index contributed by atoms with van der Waals surface area (Å²) in [6.07, 6.45) is 14.1. The molecule has 0 bridgehead atoms. The number of benzene rings is 2. The molecule has 0 aromatic heterocycles. The number of hydrogen-bond acceptors (Lipinski definition) is 0. The summed E-state index contributed by atoms with van der Waals surface area (Å²) < 4.78 is 1.80. The summed E-state index contributed by atoms with van der Waals surface area (Å²) in [7, 11) is 0. The first-order valence-electron chi connectivity index (χ1n) is 11.3. The summed E-state index contributed by atoms with van der Waals surface area (Å²) >= 11 is 1.69. The van der Waals surface area contributed by atoms with Gasteiger partial charge in [0.1, 0.15) is 0 Å². The fourth-order valence-corrected chi connectivity index (χ4v) is 5.82. The molecule has 3 aliphatic rings. The molecule has 31 heavy (non-hydrogen) atoms. The van der Waals surface area contributed by atoms with Gasteiger partial charge in [-0.05, 0) is 31.2 Å². The van der Waals surface area contributed by atoms with E-state index in [0.717, 1.165) is 25.7 Å². The van der Waals surface area contributed by atoms with Crippen LogP contribution in [0.4, 0.5) is 0 Å². The van der Waals surface area contributed by atoms with Gasteiger partial charge in [0.25, 0.3) is 0 Å². The molecule has 0 unspecified atom stereocenters. The standard InChI is InChI=1S/C22H21.C6H10.2ClH.Zr/c1-3-15-9-11-21(19(15)4-2)17-10-12-22-18(14-17)13-16-7-5-6-8-20(16)22;1-2-4-6-5-3-1;;;/h5-10,12H,3-4,11,13H2,1-2H3;1-5H2;2*1H;/q-1;;;;. The summed E-state index contributed by atoms with van der Waals surface area (Å²) in [4.78, 5) is 0. The predicted octanol–water partition coefficient (Wildman–Crippen LogP) is 8.47. The first-order valence-corrected chi connectivity index (χ1v) is 12.6. The van der Waals surface area contributed by atoms with E-state index in [0.29, 0.717) is 0 Å². The van der Waals surface area contributed by atoms with Crippen molar-refractivity contribution in [3.63, 3.8) is 0 Å². The van der Waals surface area contributed by atoms with Crippen LogP contribution in [0.25, 0.3) is 16.7 Å². The Bertz CT molecular complexity index is 976. The molecular formula is C28H33Cl2Zr-. The molecule has 0 amide bonds. The van der Waals surface area contributed by atoms with E-state index in [2.05, 4.69) is 62.4 Å². The zero-order valence-corrected chi connectivity index (χ0v) is 22.8. The zero-order valence-electron chi connectivity index (χ0n) is 18.7. The molecular weight excluding hydrogens is 498 g/mol. The molecule has 0 N–H and O–H groups in total. The molecule has 164 valence electrons. The summed E-state index contributed by atoms with van der Waals surface area (Å²) in [5, 5.41) is 0. The van der Waals surface area contributed by atoms with Crippen molar-refractivity contribution < 1.29 is 24.2 Å². The second-order valence-corrected chi connectivity index (χ2v) is 10.1. The minimum absolute atomic E-state index is 0. The number of fused-ring (bicyclic) bond motifs is 3. The molecule has 0 heterocycles. The normalized spacial score (nSPS) is 16.3. The molecule has 0 spiro atoms. The second-order valence-electron chi connectivity index (χ2n) is 8.36. The Labute approximate surface area is 215 Å². The van der Waals surface area contributed by atoms with Crippen molar-refractivity contribution in [3.8, 4) is 11.1 Å². The van der Waals surface area contributed by atoms with Crippen LogP contribution in [-0.4, -0.2) is 3.21 Å². The van der Waals surface area contributed by atoms with Crippen LogP contribution < -0.4 is 0 Å². The van der Waals surface area contributed by atoms with Crippen LogP contribution >= 0.6 is 24.8 Å². The van der Waals surface area contributed by atoms with E-state index >= 15 is 0 Å². The maximum absolute atomic E-state index is 3.73. The summed E-state index contributed by atoms with van der Waals surface area (Å²) in [6.45, 7) is 4.53. The fraction of sp³-hybridized carbons (Fsp3) is 0.393. The Kier molecular flexibility index (Phi) is 10.7. The van der Waals surface area contributed by atoms with Gasteiger partial charge >= 0.3 is 59.5 Å². The Morgan fingerprint density at radius 1 is 0.871 bits per heavy atom. The van der Waals surface area contributed by atoms with Gasteiger partial charge in [0.15, 0.2) is 0 Å². The number of allylic oxidation sites excluding steroid dienone is 4. The Morgan fingerprint density at radius 3 is 2.26 bits per heavy atom. The van der Waals surface area contributed by atoms with E-state index in [1.165, 1.54) is 71.1 Å². The predicted molar refractivity (Wildman–Crippen MR) is 136 cm³/mol.